The molecule has 3 heterocycles. The van der Waals surface area contributed by atoms with Crippen LogP contribution in [0.4, 0.5) is 23.8 Å². The Morgan fingerprint density at radius 2 is 2.00 bits per heavy atom. The van der Waals surface area contributed by atoms with Crippen molar-refractivity contribution < 1.29 is 18.0 Å². The predicted molar refractivity (Wildman–Crippen MR) is 114 cm³/mol. The molecule has 3 aromatic rings. The Labute approximate surface area is 188 Å². The first-order valence-electron chi connectivity index (χ1n) is 10.4. The first-order valence-corrected chi connectivity index (χ1v) is 10.4. The Morgan fingerprint density at radius 3 is 2.70 bits per heavy atom. The van der Waals surface area contributed by atoms with Gasteiger partial charge < -0.3 is 15.1 Å². The van der Waals surface area contributed by atoms with E-state index in [9.17, 15) is 18.0 Å². The summed E-state index contributed by atoms with van der Waals surface area (Å²) in [7, 11) is 1.75. The summed E-state index contributed by atoms with van der Waals surface area (Å²) in [4.78, 5) is 16.5. The quantitative estimate of drug-likeness (QED) is 0.630. The highest BCUT2D eigenvalue weighted by Gasteiger charge is 2.30. The van der Waals surface area contributed by atoms with Crippen molar-refractivity contribution in [1.29, 1.82) is 0 Å². The lowest BCUT2D eigenvalue weighted by Crippen LogP contribution is -2.51. The van der Waals surface area contributed by atoms with Crippen LogP contribution in [0.15, 0.2) is 48.8 Å². The summed E-state index contributed by atoms with van der Waals surface area (Å²) in [5.41, 5.74) is 0.195. The van der Waals surface area contributed by atoms with E-state index in [-0.39, 0.29) is 18.6 Å². The topological polar surface area (TPSA) is 92.1 Å². The van der Waals surface area contributed by atoms with E-state index in [4.69, 9.17) is 0 Å². The van der Waals surface area contributed by atoms with E-state index in [1.54, 1.807) is 24.3 Å². The van der Waals surface area contributed by atoms with Gasteiger partial charge in [-0.1, -0.05) is 5.21 Å². The molecule has 1 atom stereocenters. The monoisotopic (exact) mass is 460 g/mol. The lowest BCUT2D eigenvalue weighted by atomic mass is 10.0. The number of alkyl halides is 3. The zero-order chi connectivity index (χ0) is 23.4. The maximum Gasteiger partial charge on any atom is 0.416 e. The summed E-state index contributed by atoms with van der Waals surface area (Å²) in [5.74, 6) is 0.788. The maximum atomic E-state index is 12.7. The number of hydrogen-bond donors (Lipinski definition) is 1. The number of carbonyl (C=O) groups excluding carboxylic acids is 1. The maximum absolute atomic E-state index is 12.7. The van der Waals surface area contributed by atoms with E-state index >= 15 is 0 Å². The number of rotatable bonds is 5. The fourth-order valence-electron chi connectivity index (χ4n) is 3.71. The van der Waals surface area contributed by atoms with Crippen LogP contribution in [0.25, 0.3) is 5.69 Å². The van der Waals surface area contributed by atoms with Gasteiger partial charge in [0.1, 0.15) is 5.69 Å². The molecule has 1 saturated heterocycles. The van der Waals surface area contributed by atoms with Crippen LogP contribution in [0.2, 0.25) is 0 Å². The van der Waals surface area contributed by atoms with Crippen molar-refractivity contribution in [2.45, 2.75) is 31.6 Å². The SMILES string of the molecule is CN(C(=O)NCc1cn(-c2ccc(C(F)(F)F)cc2)nn1)C1CCCN(c2cccnn2)C1. The average molecular weight is 460 g/mol. The molecule has 12 heteroatoms. The second kappa shape index (κ2) is 9.43. The van der Waals surface area contributed by atoms with Gasteiger partial charge in [-0.25, -0.2) is 9.48 Å². The van der Waals surface area contributed by atoms with Crippen molar-refractivity contribution in [3.63, 3.8) is 0 Å². The van der Waals surface area contributed by atoms with Gasteiger partial charge in [0, 0.05) is 26.3 Å². The molecule has 174 valence electrons. The van der Waals surface area contributed by atoms with E-state index in [0.717, 1.165) is 37.3 Å². The first kappa shape index (κ1) is 22.5. The van der Waals surface area contributed by atoms with Crippen molar-refractivity contribution in [3.05, 3.63) is 60.0 Å². The minimum absolute atomic E-state index is 0.0172. The number of benzene rings is 1. The molecule has 9 nitrogen and oxygen atoms in total. The van der Waals surface area contributed by atoms with Crippen LogP contribution in [-0.4, -0.2) is 62.3 Å². The van der Waals surface area contributed by atoms with Crippen LogP contribution in [0.1, 0.15) is 24.1 Å². The third-order valence-corrected chi connectivity index (χ3v) is 5.57. The van der Waals surface area contributed by atoms with Crippen LogP contribution in [0.3, 0.4) is 0 Å². The largest absolute Gasteiger partial charge is 0.416 e. The van der Waals surface area contributed by atoms with Gasteiger partial charge in [-0.3, -0.25) is 0 Å². The highest BCUT2D eigenvalue weighted by molar-refractivity contribution is 5.74. The molecular weight excluding hydrogens is 437 g/mol. The van der Waals surface area contributed by atoms with Gasteiger partial charge in [0.05, 0.1) is 30.0 Å². The van der Waals surface area contributed by atoms with E-state index in [0.29, 0.717) is 17.9 Å². The summed E-state index contributed by atoms with van der Waals surface area (Å²) < 4.78 is 39.5. The number of nitrogens with one attached hydrogen (secondary N) is 1. The molecule has 0 radical (unpaired) electrons. The van der Waals surface area contributed by atoms with Crippen molar-refractivity contribution in [3.8, 4) is 5.69 Å². The molecule has 0 saturated carbocycles. The van der Waals surface area contributed by atoms with Crippen molar-refractivity contribution >= 4 is 11.8 Å². The average Bonchev–Trinajstić information content (AvgIpc) is 3.31. The molecule has 0 spiro atoms. The number of hydrogen-bond acceptors (Lipinski definition) is 6. The summed E-state index contributed by atoms with van der Waals surface area (Å²) in [5, 5.41) is 18.8. The fraction of sp³-hybridized carbons (Fsp3) is 0.381. The molecule has 2 amide bonds. The molecule has 1 aromatic carbocycles. The third-order valence-electron chi connectivity index (χ3n) is 5.57. The van der Waals surface area contributed by atoms with Crippen molar-refractivity contribution in [2.24, 2.45) is 0 Å². The van der Waals surface area contributed by atoms with Gasteiger partial charge in [-0.05, 0) is 49.2 Å². The molecule has 33 heavy (non-hydrogen) atoms. The lowest BCUT2D eigenvalue weighted by molar-refractivity contribution is -0.137. The van der Waals surface area contributed by atoms with E-state index in [2.05, 4.69) is 30.7 Å². The van der Waals surface area contributed by atoms with Crippen LogP contribution < -0.4 is 10.2 Å². The zero-order valence-electron chi connectivity index (χ0n) is 17.9. The van der Waals surface area contributed by atoms with Crippen LogP contribution in [-0.2, 0) is 12.7 Å². The Balaban J connectivity index is 1.32. The Kier molecular flexibility index (Phi) is 6.43. The second-order valence-electron chi connectivity index (χ2n) is 7.79. The first-order chi connectivity index (χ1) is 15.8. The highest BCUT2D eigenvalue weighted by atomic mass is 19.4. The van der Waals surface area contributed by atoms with Gasteiger partial charge in [-0.2, -0.15) is 18.3 Å². The van der Waals surface area contributed by atoms with E-state index < -0.39 is 11.7 Å². The van der Waals surface area contributed by atoms with Crippen LogP contribution >= 0.6 is 0 Å². The smallest absolute Gasteiger partial charge is 0.353 e. The minimum atomic E-state index is -4.40. The third kappa shape index (κ3) is 5.38. The van der Waals surface area contributed by atoms with Gasteiger partial charge in [-0.15, -0.1) is 10.2 Å². The number of amides is 2. The Hall–Kier alpha value is -3.70. The molecule has 1 aliphatic rings. The van der Waals surface area contributed by atoms with Gasteiger partial charge >= 0.3 is 12.2 Å². The number of halogens is 3. The molecule has 1 aliphatic heterocycles. The number of carbonyl (C=O) groups is 1. The van der Waals surface area contributed by atoms with E-state index in [1.165, 1.54) is 16.8 Å². The van der Waals surface area contributed by atoms with Crippen molar-refractivity contribution in [2.75, 3.05) is 25.0 Å². The normalized spacial score (nSPS) is 16.5. The Morgan fingerprint density at radius 1 is 1.21 bits per heavy atom. The fourth-order valence-corrected chi connectivity index (χ4v) is 3.71. The molecule has 1 unspecified atom stereocenters. The standard InChI is InChI=1S/C21H23F3N8O/c1-30(18-4-3-11-31(14-18)19-5-2-10-26-28-19)20(33)25-12-16-13-32(29-27-16)17-8-6-15(7-9-17)21(22,23)24/h2,5-10,13,18H,3-4,11-12,14H2,1H3,(H,25,33). The Bertz CT molecular complexity index is 1070. The highest BCUT2D eigenvalue weighted by Crippen LogP contribution is 2.29. The van der Waals surface area contributed by atoms with Gasteiger partial charge in [0.15, 0.2) is 5.82 Å². The molecule has 1 fully saturated rings. The summed E-state index contributed by atoms with van der Waals surface area (Å²) in [6, 6.07) is 8.12. The van der Waals surface area contributed by atoms with Crippen molar-refractivity contribution in [1.82, 2.24) is 35.4 Å². The number of likely N-dealkylation sites (N-methyl/N-ethyl adjacent to an activating group) is 1. The molecule has 4 rings (SSSR count). The molecule has 2 aromatic heterocycles. The van der Waals surface area contributed by atoms with Gasteiger partial charge in [0.25, 0.3) is 0 Å². The van der Waals surface area contributed by atoms with E-state index in [1.807, 2.05) is 12.1 Å². The molecule has 1 N–H and O–H groups in total. The predicted octanol–water partition coefficient (Wildman–Crippen LogP) is 2.89. The van der Waals surface area contributed by atoms with Crippen LogP contribution in [0.5, 0.6) is 0 Å². The number of urea groups is 1. The summed E-state index contributed by atoms with van der Waals surface area (Å²) in [6.07, 6.45) is 0.606. The van der Waals surface area contributed by atoms with Gasteiger partial charge in [0.2, 0.25) is 0 Å². The minimum Gasteiger partial charge on any atom is -0.353 e. The number of anilines is 1. The summed E-state index contributed by atoms with van der Waals surface area (Å²) in [6.45, 7) is 1.66. The summed E-state index contributed by atoms with van der Waals surface area (Å²) >= 11 is 0. The zero-order valence-corrected chi connectivity index (χ0v) is 17.9. The molecule has 0 bridgehead atoms. The number of aromatic nitrogens is 5. The molecular formula is C21H23F3N8O. The number of piperidine rings is 1. The molecule has 0 aliphatic carbocycles. The number of nitrogens with zero attached hydrogens (tertiary/aromatic N) is 7. The van der Waals surface area contributed by atoms with Crippen LogP contribution in [0, 0.1) is 0 Å². The second-order valence-corrected chi connectivity index (χ2v) is 7.79. The lowest BCUT2D eigenvalue weighted by Gasteiger charge is -2.37.